The van der Waals surface area contributed by atoms with Crippen LogP contribution in [0.5, 0.6) is 5.75 Å². The summed E-state index contributed by atoms with van der Waals surface area (Å²) in [6.45, 7) is 2.70. The second-order valence-corrected chi connectivity index (χ2v) is 7.54. The number of hydrogen-bond acceptors (Lipinski definition) is 3. The zero-order chi connectivity index (χ0) is 23.6. The van der Waals surface area contributed by atoms with Crippen molar-refractivity contribution in [2.45, 2.75) is 19.5 Å². The smallest absolute Gasteiger partial charge is 0.416 e. The van der Waals surface area contributed by atoms with Crippen LogP contribution >= 0.6 is 0 Å². The van der Waals surface area contributed by atoms with Crippen LogP contribution in [0.3, 0.4) is 0 Å². The quantitative estimate of drug-likeness (QED) is 0.340. The lowest BCUT2D eigenvalue weighted by Crippen LogP contribution is -2.06. The van der Waals surface area contributed by atoms with E-state index < -0.39 is 17.7 Å². The van der Waals surface area contributed by atoms with Crippen molar-refractivity contribution in [3.05, 3.63) is 83.9 Å². The van der Waals surface area contributed by atoms with Crippen molar-refractivity contribution in [2.24, 2.45) is 0 Å². The molecule has 1 aromatic heterocycles. The Kier molecular flexibility index (Phi) is 6.05. The number of aromatic carboxylic acids is 1. The lowest BCUT2D eigenvalue weighted by Gasteiger charge is -2.11. The lowest BCUT2D eigenvalue weighted by atomic mass is 10.00. The molecule has 0 spiro atoms. The third kappa shape index (κ3) is 4.82. The second-order valence-electron chi connectivity index (χ2n) is 7.54. The zero-order valence-corrected chi connectivity index (χ0v) is 17.7. The summed E-state index contributed by atoms with van der Waals surface area (Å²) in [5.41, 5.74) is 2.01. The van der Waals surface area contributed by atoms with E-state index >= 15 is 0 Å². The number of ether oxygens (including phenoxy) is 1. The molecule has 168 valence electrons. The van der Waals surface area contributed by atoms with Crippen molar-refractivity contribution in [1.29, 1.82) is 0 Å². The van der Waals surface area contributed by atoms with E-state index in [4.69, 9.17) is 4.74 Å². The number of rotatable bonds is 6. The molecular formula is C26H20F3NO3. The van der Waals surface area contributed by atoms with Gasteiger partial charge in [0.1, 0.15) is 5.75 Å². The van der Waals surface area contributed by atoms with Crippen molar-refractivity contribution in [1.82, 2.24) is 4.98 Å². The van der Waals surface area contributed by atoms with Crippen molar-refractivity contribution >= 4 is 16.9 Å². The number of carboxylic acids is 1. The Balaban J connectivity index is 1.68. The molecule has 0 fully saturated rings. The molecule has 0 amide bonds. The molecule has 0 saturated heterocycles. The average Bonchev–Trinajstić information content (AvgIpc) is 2.81. The Labute approximate surface area is 188 Å². The van der Waals surface area contributed by atoms with Gasteiger partial charge < -0.3 is 9.84 Å². The summed E-state index contributed by atoms with van der Waals surface area (Å²) in [6.07, 6.45) is -3.64. The molecule has 4 aromatic rings. The van der Waals surface area contributed by atoms with E-state index in [2.05, 4.69) is 4.98 Å². The molecule has 7 heteroatoms. The topological polar surface area (TPSA) is 59.4 Å². The molecule has 4 nitrogen and oxygen atoms in total. The Hall–Kier alpha value is -3.87. The van der Waals surface area contributed by atoms with Gasteiger partial charge in [-0.2, -0.15) is 13.2 Å². The molecule has 1 heterocycles. The van der Waals surface area contributed by atoms with E-state index in [1.54, 1.807) is 12.1 Å². The molecule has 0 aliphatic heterocycles. The first kappa shape index (κ1) is 22.3. The summed E-state index contributed by atoms with van der Waals surface area (Å²) in [4.78, 5) is 16.2. The predicted octanol–water partition coefficient (Wildman–Crippen LogP) is 7.07. The highest BCUT2D eigenvalue weighted by molar-refractivity contribution is 6.04. The van der Waals surface area contributed by atoms with Crippen LogP contribution in [0, 0.1) is 0 Å². The first-order valence-electron chi connectivity index (χ1n) is 10.3. The van der Waals surface area contributed by atoms with Crippen molar-refractivity contribution in [2.75, 3.05) is 6.61 Å². The Bertz CT molecular complexity index is 1300. The van der Waals surface area contributed by atoms with Crippen LogP contribution in [0.4, 0.5) is 13.2 Å². The van der Waals surface area contributed by atoms with E-state index in [0.29, 0.717) is 17.9 Å². The van der Waals surface area contributed by atoms with Gasteiger partial charge in [0, 0.05) is 10.9 Å². The van der Waals surface area contributed by atoms with Gasteiger partial charge in [0.05, 0.1) is 28.9 Å². The van der Waals surface area contributed by atoms with E-state index in [1.807, 2.05) is 43.3 Å². The third-order valence-electron chi connectivity index (χ3n) is 5.21. The fourth-order valence-corrected chi connectivity index (χ4v) is 3.52. The molecule has 4 rings (SSSR count). The Morgan fingerprint density at radius 2 is 1.52 bits per heavy atom. The molecule has 3 aromatic carbocycles. The molecule has 0 bridgehead atoms. The fraction of sp³-hybridized carbons (Fsp3) is 0.154. The number of nitrogens with zero attached hydrogens (tertiary/aromatic N) is 1. The van der Waals surface area contributed by atoms with Crippen molar-refractivity contribution in [3.8, 4) is 28.1 Å². The molecule has 0 saturated carbocycles. The van der Waals surface area contributed by atoms with Gasteiger partial charge in [-0.05, 0) is 53.9 Å². The number of benzene rings is 3. The summed E-state index contributed by atoms with van der Waals surface area (Å²) < 4.78 is 44.8. The van der Waals surface area contributed by atoms with Crippen LogP contribution < -0.4 is 4.74 Å². The normalized spacial score (nSPS) is 11.5. The van der Waals surface area contributed by atoms with Crippen LogP contribution in [-0.4, -0.2) is 22.7 Å². The van der Waals surface area contributed by atoms with Crippen LogP contribution in [0.2, 0.25) is 0 Å². The van der Waals surface area contributed by atoms with E-state index in [9.17, 15) is 23.1 Å². The molecule has 0 aliphatic carbocycles. The monoisotopic (exact) mass is 451 g/mol. The van der Waals surface area contributed by atoms with Gasteiger partial charge >= 0.3 is 12.1 Å². The highest BCUT2D eigenvalue weighted by Crippen LogP contribution is 2.34. The number of carbonyl (C=O) groups is 1. The van der Waals surface area contributed by atoms with E-state index in [-0.39, 0.29) is 16.5 Å². The lowest BCUT2D eigenvalue weighted by molar-refractivity contribution is -0.137. The second kappa shape index (κ2) is 8.94. The maximum Gasteiger partial charge on any atom is 0.416 e. The van der Waals surface area contributed by atoms with Gasteiger partial charge in [-0.15, -0.1) is 0 Å². The molecule has 33 heavy (non-hydrogen) atoms. The van der Waals surface area contributed by atoms with E-state index in [0.717, 1.165) is 35.4 Å². The van der Waals surface area contributed by atoms with Gasteiger partial charge in [0.2, 0.25) is 0 Å². The van der Waals surface area contributed by atoms with Crippen molar-refractivity contribution in [3.63, 3.8) is 0 Å². The van der Waals surface area contributed by atoms with Crippen LogP contribution in [0.15, 0.2) is 72.8 Å². The van der Waals surface area contributed by atoms with Gasteiger partial charge in [0.15, 0.2) is 0 Å². The minimum Gasteiger partial charge on any atom is -0.494 e. The van der Waals surface area contributed by atoms with Gasteiger partial charge in [-0.3, -0.25) is 0 Å². The average molecular weight is 451 g/mol. The number of pyridine rings is 1. The molecule has 0 unspecified atom stereocenters. The SMILES string of the molecule is CCCOc1ccc(-c2ccc(-c3cc(C(=O)O)c4cc(C(F)(F)F)ccc4n3)cc2)cc1. The summed E-state index contributed by atoms with van der Waals surface area (Å²) in [5, 5.41) is 9.55. The summed E-state index contributed by atoms with van der Waals surface area (Å²) >= 11 is 0. The molecule has 0 radical (unpaired) electrons. The molecular weight excluding hydrogens is 431 g/mol. The number of aromatic nitrogens is 1. The first-order valence-corrected chi connectivity index (χ1v) is 10.3. The number of halogens is 3. The highest BCUT2D eigenvalue weighted by atomic mass is 19.4. The Morgan fingerprint density at radius 3 is 2.09 bits per heavy atom. The number of carboxylic acid groups (broad SMARTS) is 1. The largest absolute Gasteiger partial charge is 0.494 e. The fourth-order valence-electron chi connectivity index (χ4n) is 3.52. The van der Waals surface area contributed by atoms with Gasteiger partial charge in [-0.1, -0.05) is 43.3 Å². The maximum atomic E-state index is 13.1. The standard InChI is InChI=1S/C26H20F3NO3/c1-2-13-33-20-10-7-17(8-11-20)16-3-5-18(6-4-16)24-15-22(25(31)32)21-14-19(26(27,28)29)9-12-23(21)30-24/h3-12,14-15H,2,13H2,1H3,(H,31,32). The molecule has 0 aliphatic rings. The van der Waals surface area contributed by atoms with Crippen LogP contribution in [0.25, 0.3) is 33.3 Å². The van der Waals surface area contributed by atoms with E-state index in [1.165, 1.54) is 12.1 Å². The minimum absolute atomic E-state index is 0.0527. The number of alkyl halides is 3. The summed E-state index contributed by atoms with van der Waals surface area (Å²) in [7, 11) is 0. The van der Waals surface area contributed by atoms with Gasteiger partial charge in [-0.25, -0.2) is 9.78 Å². The van der Waals surface area contributed by atoms with Gasteiger partial charge in [0.25, 0.3) is 0 Å². The number of hydrogen-bond donors (Lipinski definition) is 1. The van der Waals surface area contributed by atoms with Crippen LogP contribution in [-0.2, 0) is 6.18 Å². The van der Waals surface area contributed by atoms with Crippen LogP contribution in [0.1, 0.15) is 29.3 Å². The predicted molar refractivity (Wildman–Crippen MR) is 120 cm³/mol. The minimum atomic E-state index is -4.57. The number of fused-ring (bicyclic) bond motifs is 1. The summed E-state index contributed by atoms with van der Waals surface area (Å²) in [6, 6.07) is 19.3. The highest BCUT2D eigenvalue weighted by Gasteiger charge is 2.31. The third-order valence-corrected chi connectivity index (χ3v) is 5.21. The first-order chi connectivity index (χ1) is 15.8. The zero-order valence-electron chi connectivity index (χ0n) is 17.7. The van der Waals surface area contributed by atoms with Crippen molar-refractivity contribution < 1.29 is 27.8 Å². The molecule has 0 atom stereocenters. The summed E-state index contributed by atoms with van der Waals surface area (Å²) in [5.74, 6) is -0.516. The molecule has 1 N–H and O–H groups in total. The Morgan fingerprint density at radius 1 is 0.909 bits per heavy atom. The maximum absolute atomic E-state index is 13.1.